The summed E-state index contributed by atoms with van der Waals surface area (Å²) < 4.78 is 20.6. The Morgan fingerprint density at radius 2 is 2.19 bits per heavy atom. The molecule has 3 rings (SSSR count). The number of nitrogens with zero attached hydrogens (tertiary/aromatic N) is 3. The normalized spacial score (nSPS) is 15.6. The highest BCUT2D eigenvalue weighted by Crippen LogP contribution is 2.33. The Bertz CT molecular complexity index is 820. The standard InChI is InChI=1S/C17H20FN5O3/c1-22(2)15(24)10-23-8-6-14(21-23)20-17(25)19-13-7-9-26-16-11(13)4-3-5-12(16)18/h3-6,8,13H,7,9-10H2,1-2H3,(H2,19,20,21,25). The van der Waals surface area contributed by atoms with Gasteiger partial charge in [-0.15, -0.1) is 0 Å². The van der Waals surface area contributed by atoms with Crippen molar-refractivity contribution in [2.75, 3.05) is 26.0 Å². The number of benzene rings is 1. The molecule has 3 amide bonds. The van der Waals surface area contributed by atoms with Gasteiger partial charge in [-0.3, -0.25) is 14.8 Å². The molecule has 1 aliphatic rings. The minimum absolute atomic E-state index is 0.0862. The lowest BCUT2D eigenvalue weighted by atomic mass is 10.0. The number of nitrogens with one attached hydrogen (secondary N) is 2. The van der Waals surface area contributed by atoms with Gasteiger partial charge in [0.2, 0.25) is 5.91 Å². The van der Waals surface area contributed by atoms with Gasteiger partial charge in [-0.05, 0) is 6.07 Å². The van der Waals surface area contributed by atoms with Crippen molar-refractivity contribution in [1.29, 1.82) is 0 Å². The number of hydrogen-bond acceptors (Lipinski definition) is 4. The lowest BCUT2D eigenvalue weighted by Gasteiger charge is -2.26. The summed E-state index contributed by atoms with van der Waals surface area (Å²) in [5, 5.41) is 9.55. The van der Waals surface area contributed by atoms with Gasteiger partial charge >= 0.3 is 6.03 Å². The van der Waals surface area contributed by atoms with Crippen LogP contribution >= 0.6 is 0 Å². The zero-order chi connectivity index (χ0) is 18.7. The molecular weight excluding hydrogens is 341 g/mol. The van der Waals surface area contributed by atoms with Crippen LogP contribution in [0.2, 0.25) is 0 Å². The molecule has 2 N–H and O–H groups in total. The van der Waals surface area contributed by atoms with E-state index in [4.69, 9.17) is 4.74 Å². The molecular formula is C17H20FN5O3. The van der Waals surface area contributed by atoms with E-state index in [9.17, 15) is 14.0 Å². The van der Waals surface area contributed by atoms with E-state index >= 15 is 0 Å². The third kappa shape index (κ3) is 3.93. The highest BCUT2D eigenvalue weighted by Gasteiger charge is 2.25. The molecule has 2 heterocycles. The van der Waals surface area contributed by atoms with Crippen LogP contribution in [0.5, 0.6) is 5.75 Å². The molecule has 9 heteroatoms. The van der Waals surface area contributed by atoms with Gasteiger partial charge in [0, 0.05) is 38.3 Å². The van der Waals surface area contributed by atoms with Crippen LogP contribution in [0.15, 0.2) is 30.5 Å². The smallest absolute Gasteiger partial charge is 0.320 e. The average Bonchev–Trinajstić information content (AvgIpc) is 3.02. The number of ether oxygens (including phenoxy) is 1. The first kappa shape index (κ1) is 17.7. The number of carbonyl (C=O) groups is 2. The molecule has 0 aliphatic carbocycles. The first-order valence-corrected chi connectivity index (χ1v) is 8.16. The molecule has 1 unspecified atom stereocenters. The third-order valence-corrected chi connectivity index (χ3v) is 4.01. The predicted molar refractivity (Wildman–Crippen MR) is 92.3 cm³/mol. The molecule has 8 nitrogen and oxygen atoms in total. The van der Waals surface area contributed by atoms with E-state index in [1.165, 1.54) is 15.6 Å². The monoisotopic (exact) mass is 361 g/mol. The van der Waals surface area contributed by atoms with Gasteiger partial charge < -0.3 is 15.0 Å². The second-order valence-corrected chi connectivity index (χ2v) is 6.13. The van der Waals surface area contributed by atoms with Crippen molar-refractivity contribution in [1.82, 2.24) is 20.0 Å². The van der Waals surface area contributed by atoms with E-state index in [0.29, 0.717) is 24.4 Å². The summed E-state index contributed by atoms with van der Waals surface area (Å²) in [7, 11) is 3.32. The lowest BCUT2D eigenvalue weighted by Crippen LogP contribution is -2.35. The van der Waals surface area contributed by atoms with E-state index in [2.05, 4.69) is 15.7 Å². The molecule has 0 bridgehead atoms. The molecule has 0 spiro atoms. The number of fused-ring (bicyclic) bond motifs is 1. The topological polar surface area (TPSA) is 88.5 Å². The van der Waals surface area contributed by atoms with Gasteiger partial charge in [0.25, 0.3) is 0 Å². The number of aromatic nitrogens is 2. The Kier molecular flexibility index (Phi) is 5.06. The number of rotatable bonds is 4. The van der Waals surface area contributed by atoms with Crippen molar-refractivity contribution in [2.45, 2.75) is 19.0 Å². The Labute approximate surface area is 149 Å². The van der Waals surface area contributed by atoms with Gasteiger partial charge in [-0.25, -0.2) is 9.18 Å². The molecule has 0 saturated carbocycles. The van der Waals surface area contributed by atoms with E-state index in [1.54, 1.807) is 38.5 Å². The van der Waals surface area contributed by atoms with Crippen LogP contribution in [-0.2, 0) is 11.3 Å². The molecule has 26 heavy (non-hydrogen) atoms. The van der Waals surface area contributed by atoms with Crippen LogP contribution in [0.4, 0.5) is 15.0 Å². The van der Waals surface area contributed by atoms with E-state index in [1.807, 2.05) is 0 Å². The fourth-order valence-corrected chi connectivity index (χ4v) is 2.64. The van der Waals surface area contributed by atoms with Crippen LogP contribution in [0.3, 0.4) is 0 Å². The molecule has 1 aliphatic heterocycles. The first-order chi connectivity index (χ1) is 12.4. The number of amides is 3. The highest BCUT2D eigenvalue weighted by atomic mass is 19.1. The van der Waals surface area contributed by atoms with E-state index in [-0.39, 0.29) is 24.2 Å². The molecule has 2 aromatic rings. The van der Waals surface area contributed by atoms with Gasteiger partial charge in [0.1, 0.15) is 6.54 Å². The van der Waals surface area contributed by atoms with E-state index in [0.717, 1.165) is 0 Å². The SMILES string of the molecule is CN(C)C(=O)Cn1ccc(NC(=O)NC2CCOc3c(F)cccc32)n1. The minimum Gasteiger partial charge on any atom is -0.490 e. The lowest BCUT2D eigenvalue weighted by molar-refractivity contribution is -0.129. The fraction of sp³-hybridized carbons (Fsp3) is 0.353. The Morgan fingerprint density at radius 1 is 1.38 bits per heavy atom. The Hall–Kier alpha value is -3.10. The van der Waals surface area contributed by atoms with Crippen molar-refractivity contribution in [3.8, 4) is 5.75 Å². The van der Waals surface area contributed by atoms with Crippen LogP contribution in [0.1, 0.15) is 18.0 Å². The molecule has 138 valence electrons. The number of hydrogen-bond donors (Lipinski definition) is 2. The number of likely N-dealkylation sites (N-methyl/N-ethyl adjacent to an activating group) is 1. The van der Waals surface area contributed by atoms with Gasteiger partial charge in [-0.2, -0.15) is 5.10 Å². The highest BCUT2D eigenvalue weighted by molar-refractivity contribution is 5.88. The number of para-hydroxylation sites is 1. The summed E-state index contributed by atoms with van der Waals surface area (Å²) in [5.74, 6) is -0.0558. The Morgan fingerprint density at radius 3 is 2.96 bits per heavy atom. The zero-order valence-corrected chi connectivity index (χ0v) is 14.5. The summed E-state index contributed by atoms with van der Waals surface area (Å²) in [6.45, 7) is 0.406. The fourth-order valence-electron chi connectivity index (χ4n) is 2.64. The molecule has 1 aromatic heterocycles. The van der Waals surface area contributed by atoms with Crippen molar-refractivity contribution in [2.24, 2.45) is 0 Å². The minimum atomic E-state index is -0.462. The van der Waals surface area contributed by atoms with Crippen molar-refractivity contribution < 1.29 is 18.7 Å². The second-order valence-electron chi connectivity index (χ2n) is 6.13. The maximum absolute atomic E-state index is 13.8. The third-order valence-electron chi connectivity index (χ3n) is 4.01. The molecule has 0 saturated heterocycles. The van der Waals surface area contributed by atoms with E-state index < -0.39 is 11.8 Å². The summed E-state index contributed by atoms with van der Waals surface area (Å²) in [6, 6.07) is 5.41. The van der Waals surface area contributed by atoms with Crippen molar-refractivity contribution in [3.63, 3.8) is 0 Å². The molecule has 0 radical (unpaired) electrons. The summed E-state index contributed by atoms with van der Waals surface area (Å²) >= 11 is 0. The van der Waals surface area contributed by atoms with Gasteiger partial charge in [0.05, 0.1) is 12.6 Å². The Balaban J connectivity index is 1.61. The van der Waals surface area contributed by atoms with Gasteiger partial charge in [0.15, 0.2) is 17.4 Å². The molecule has 1 aromatic carbocycles. The quantitative estimate of drug-likeness (QED) is 0.868. The number of carbonyl (C=O) groups excluding carboxylic acids is 2. The molecule has 0 fully saturated rings. The number of anilines is 1. The molecule has 1 atom stereocenters. The first-order valence-electron chi connectivity index (χ1n) is 8.16. The largest absolute Gasteiger partial charge is 0.490 e. The van der Waals surface area contributed by atoms with Crippen LogP contribution in [-0.4, -0.2) is 47.3 Å². The summed E-state index contributed by atoms with van der Waals surface area (Å²) in [4.78, 5) is 25.4. The van der Waals surface area contributed by atoms with Crippen molar-refractivity contribution >= 4 is 17.8 Å². The van der Waals surface area contributed by atoms with Crippen LogP contribution < -0.4 is 15.4 Å². The van der Waals surface area contributed by atoms with Crippen LogP contribution in [0, 0.1) is 5.82 Å². The van der Waals surface area contributed by atoms with Crippen LogP contribution in [0.25, 0.3) is 0 Å². The summed E-state index contributed by atoms with van der Waals surface area (Å²) in [5.41, 5.74) is 0.605. The second kappa shape index (κ2) is 7.42. The average molecular weight is 361 g/mol. The number of halogens is 1. The predicted octanol–water partition coefficient (Wildman–Crippen LogP) is 1.76. The maximum Gasteiger partial charge on any atom is 0.320 e. The zero-order valence-electron chi connectivity index (χ0n) is 14.5. The van der Waals surface area contributed by atoms with Crippen molar-refractivity contribution in [3.05, 3.63) is 41.8 Å². The summed E-state index contributed by atoms with van der Waals surface area (Å²) in [6.07, 6.45) is 2.14. The number of urea groups is 1. The maximum atomic E-state index is 13.8. The van der Waals surface area contributed by atoms with Gasteiger partial charge in [-0.1, -0.05) is 12.1 Å².